The van der Waals surface area contributed by atoms with Gasteiger partial charge in [0, 0.05) is 22.3 Å². The number of hydrogen-bond donors (Lipinski definition) is 1. The number of rotatable bonds is 10. The summed E-state index contributed by atoms with van der Waals surface area (Å²) in [5.41, 5.74) is 1.48. The van der Waals surface area contributed by atoms with Gasteiger partial charge in [0.2, 0.25) is 0 Å². The molecular weight excluding hydrogens is 368 g/mol. The van der Waals surface area contributed by atoms with Crippen molar-refractivity contribution in [1.82, 2.24) is 0 Å². The number of aromatic carboxylic acids is 1. The van der Waals surface area contributed by atoms with Crippen LogP contribution in [0.25, 0.3) is 0 Å². The lowest BCUT2D eigenvalue weighted by molar-refractivity contribution is 0.0525. The van der Waals surface area contributed by atoms with Crippen LogP contribution < -0.4 is 4.74 Å². The van der Waals surface area contributed by atoms with Gasteiger partial charge in [0.25, 0.3) is 0 Å². The summed E-state index contributed by atoms with van der Waals surface area (Å²) in [4.78, 5) is 22.5. The quantitative estimate of drug-likeness (QED) is 0.495. The molecule has 0 radical (unpaired) electrons. The number of hydrogen-bond acceptors (Lipinski definition) is 5. The van der Waals surface area contributed by atoms with Gasteiger partial charge in [-0.15, -0.1) is 0 Å². The van der Waals surface area contributed by atoms with Crippen LogP contribution in [0.3, 0.4) is 0 Å². The maximum absolute atomic E-state index is 12.2. The second kappa shape index (κ2) is 10.5. The first kappa shape index (κ1) is 20.6. The molecule has 0 aliphatic rings. The molecule has 0 aromatic heterocycles. The van der Waals surface area contributed by atoms with Crippen LogP contribution >= 0.6 is 0 Å². The van der Waals surface area contributed by atoms with E-state index >= 15 is 0 Å². The molecule has 0 spiro atoms. The van der Waals surface area contributed by atoms with E-state index in [1.165, 1.54) is 12.1 Å². The molecule has 0 aliphatic carbocycles. The molecule has 2 aromatic carbocycles. The summed E-state index contributed by atoms with van der Waals surface area (Å²) in [6, 6.07) is 13.1. The normalized spacial score (nSPS) is 11.6. The van der Waals surface area contributed by atoms with Crippen molar-refractivity contribution in [3.63, 3.8) is 0 Å². The summed E-state index contributed by atoms with van der Waals surface area (Å²) in [5, 5.41) is 8.85. The Morgan fingerprint density at radius 1 is 1.07 bits per heavy atom. The fourth-order valence-electron chi connectivity index (χ4n) is 2.36. The van der Waals surface area contributed by atoms with Gasteiger partial charge in [-0.25, -0.2) is 9.59 Å². The van der Waals surface area contributed by atoms with Crippen LogP contribution in [0.2, 0.25) is 0 Å². The molecule has 0 bridgehead atoms. The zero-order valence-electron chi connectivity index (χ0n) is 15.1. The fourth-order valence-corrected chi connectivity index (χ4v) is 3.50. The number of esters is 1. The van der Waals surface area contributed by atoms with Crippen molar-refractivity contribution in [3.05, 3.63) is 65.2 Å². The van der Waals surface area contributed by atoms with E-state index in [9.17, 15) is 13.8 Å². The minimum Gasteiger partial charge on any atom is -0.494 e. The Labute approximate surface area is 160 Å². The van der Waals surface area contributed by atoms with Gasteiger partial charge in [0.1, 0.15) is 5.75 Å². The standard InChI is InChI=1S/C20H22O6S/c1-2-25-20(23)17-6-3-5-15(13-17)14-27(24)12-4-11-26-18-9-7-16(8-10-18)19(21)22/h3,5-10,13H,2,4,11-12,14H2,1H3,(H,21,22). The summed E-state index contributed by atoms with van der Waals surface area (Å²) >= 11 is 0. The molecule has 2 aromatic rings. The van der Waals surface area contributed by atoms with Crippen LogP contribution in [0.15, 0.2) is 48.5 Å². The molecule has 6 nitrogen and oxygen atoms in total. The number of carbonyl (C=O) groups excluding carboxylic acids is 1. The van der Waals surface area contributed by atoms with Crippen molar-refractivity contribution >= 4 is 22.7 Å². The molecule has 0 fully saturated rings. The Kier molecular flexibility index (Phi) is 8.00. The fraction of sp³-hybridized carbons (Fsp3) is 0.300. The number of carboxylic acids is 1. The molecule has 27 heavy (non-hydrogen) atoms. The lowest BCUT2D eigenvalue weighted by Crippen LogP contribution is -2.08. The van der Waals surface area contributed by atoms with Crippen LogP contribution in [0.4, 0.5) is 0 Å². The van der Waals surface area contributed by atoms with Crippen molar-refractivity contribution in [3.8, 4) is 5.75 Å². The molecule has 144 valence electrons. The zero-order chi connectivity index (χ0) is 19.6. The zero-order valence-corrected chi connectivity index (χ0v) is 15.9. The minimum atomic E-state index is -1.07. The van der Waals surface area contributed by atoms with E-state index in [0.717, 1.165) is 5.56 Å². The van der Waals surface area contributed by atoms with Crippen molar-refractivity contribution in [2.24, 2.45) is 0 Å². The third-order valence-corrected chi connectivity index (χ3v) is 5.05. The molecule has 0 aliphatic heterocycles. The summed E-state index contributed by atoms with van der Waals surface area (Å²) in [6.45, 7) is 2.45. The van der Waals surface area contributed by atoms with E-state index in [4.69, 9.17) is 14.6 Å². The smallest absolute Gasteiger partial charge is 0.338 e. The highest BCUT2D eigenvalue weighted by molar-refractivity contribution is 7.84. The molecular formula is C20H22O6S. The van der Waals surface area contributed by atoms with Gasteiger partial charge in [-0.3, -0.25) is 4.21 Å². The SMILES string of the molecule is CCOC(=O)c1cccc(CS(=O)CCCOc2ccc(C(=O)O)cc2)c1. The van der Waals surface area contributed by atoms with Crippen LogP contribution in [0.5, 0.6) is 5.75 Å². The van der Waals surface area contributed by atoms with Gasteiger partial charge in [-0.05, 0) is 55.3 Å². The van der Waals surface area contributed by atoms with E-state index in [0.29, 0.717) is 42.5 Å². The van der Waals surface area contributed by atoms with Crippen molar-refractivity contribution < 1.29 is 28.4 Å². The second-order valence-electron chi connectivity index (χ2n) is 5.74. The average Bonchev–Trinajstić information content (AvgIpc) is 2.66. The molecule has 0 saturated carbocycles. The first-order chi connectivity index (χ1) is 13.0. The third kappa shape index (κ3) is 6.86. The van der Waals surface area contributed by atoms with E-state index in [2.05, 4.69) is 0 Å². The van der Waals surface area contributed by atoms with Crippen molar-refractivity contribution in [1.29, 1.82) is 0 Å². The Morgan fingerprint density at radius 2 is 1.81 bits per heavy atom. The maximum Gasteiger partial charge on any atom is 0.338 e. The molecule has 1 N–H and O–H groups in total. The van der Waals surface area contributed by atoms with Crippen LogP contribution in [-0.4, -0.2) is 40.2 Å². The molecule has 0 heterocycles. The third-order valence-electron chi connectivity index (χ3n) is 3.65. The highest BCUT2D eigenvalue weighted by atomic mass is 32.2. The van der Waals surface area contributed by atoms with E-state index < -0.39 is 16.8 Å². The van der Waals surface area contributed by atoms with Gasteiger partial charge >= 0.3 is 11.9 Å². The molecule has 1 unspecified atom stereocenters. The average molecular weight is 390 g/mol. The van der Waals surface area contributed by atoms with Crippen molar-refractivity contribution in [2.75, 3.05) is 19.0 Å². The monoisotopic (exact) mass is 390 g/mol. The summed E-state index contributed by atoms with van der Waals surface area (Å²) in [5.74, 6) is 0.0431. The van der Waals surface area contributed by atoms with Gasteiger partial charge in [-0.1, -0.05) is 12.1 Å². The largest absolute Gasteiger partial charge is 0.494 e. The second-order valence-corrected chi connectivity index (χ2v) is 7.32. The summed E-state index contributed by atoms with van der Waals surface area (Å²) in [7, 11) is -1.07. The maximum atomic E-state index is 12.2. The van der Waals surface area contributed by atoms with E-state index in [1.54, 1.807) is 37.3 Å². The number of carboxylic acid groups (broad SMARTS) is 1. The molecule has 2 rings (SSSR count). The lowest BCUT2D eigenvalue weighted by atomic mass is 10.1. The predicted molar refractivity (Wildman–Crippen MR) is 103 cm³/mol. The highest BCUT2D eigenvalue weighted by Crippen LogP contribution is 2.13. The first-order valence-corrected chi connectivity index (χ1v) is 10.1. The topological polar surface area (TPSA) is 89.9 Å². The predicted octanol–water partition coefficient (Wildman–Crippen LogP) is 3.28. The Bertz CT molecular complexity index is 800. The molecule has 7 heteroatoms. The number of benzene rings is 2. The van der Waals surface area contributed by atoms with E-state index in [1.807, 2.05) is 6.07 Å². The van der Waals surface area contributed by atoms with E-state index in [-0.39, 0.29) is 11.5 Å². The molecule has 0 amide bonds. The van der Waals surface area contributed by atoms with Gasteiger partial charge in [-0.2, -0.15) is 0 Å². The van der Waals surface area contributed by atoms with Gasteiger partial charge in [0.15, 0.2) is 0 Å². The van der Waals surface area contributed by atoms with Gasteiger partial charge < -0.3 is 14.6 Å². The Morgan fingerprint density at radius 3 is 2.48 bits per heavy atom. The van der Waals surface area contributed by atoms with Crippen LogP contribution in [-0.2, 0) is 21.3 Å². The number of ether oxygens (including phenoxy) is 2. The highest BCUT2D eigenvalue weighted by Gasteiger charge is 2.09. The molecule has 0 saturated heterocycles. The van der Waals surface area contributed by atoms with Crippen molar-refractivity contribution in [2.45, 2.75) is 19.1 Å². The van der Waals surface area contributed by atoms with Crippen LogP contribution in [0, 0.1) is 0 Å². The Hall–Kier alpha value is -2.67. The van der Waals surface area contributed by atoms with Crippen LogP contribution in [0.1, 0.15) is 39.6 Å². The minimum absolute atomic E-state index is 0.202. The summed E-state index contributed by atoms with van der Waals surface area (Å²) < 4.78 is 22.7. The molecule has 1 atom stereocenters. The first-order valence-electron chi connectivity index (χ1n) is 8.56. The number of carbonyl (C=O) groups is 2. The Balaban J connectivity index is 1.75. The summed E-state index contributed by atoms with van der Waals surface area (Å²) in [6.07, 6.45) is 0.602. The van der Waals surface area contributed by atoms with Gasteiger partial charge in [0.05, 0.1) is 24.3 Å². The lowest BCUT2D eigenvalue weighted by Gasteiger charge is -2.07.